The van der Waals surface area contributed by atoms with Gasteiger partial charge < -0.3 is 5.32 Å². The molecular formula is C13H11ClFNOS. The lowest BCUT2D eigenvalue weighted by Crippen LogP contribution is -2.11. The second-order valence-corrected chi connectivity index (χ2v) is 5.82. The van der Waals surface area contributed by atoms with E-state index in [2.05, 4.69) is 5.32 Å². The fourth-order valence-corrected chi connectivity index (χ4v) is 2.79. The molecule has 2 rings (SSSR count). The number of nitrogens with one attached hydrogen (secondary N) is 1. The molecule has 0 aliphatic rings. The first-order valence-corrected chi connectivity index (χ1v) is 6.50. The van der Waals surface area contributed by atoms with Crippen LogP contribution >= 0.6 is 22.9 Å². The number of halogens is 2. The molecule has 1 heterocycles. The Labute approximate surface area is 113 Å². The lowest BCUT2D eigenvalue weighted by Gasteiger charge is -2.05. The number of hydrogen-bond acceptors (Lipinski definition) is 2. The molecule has 1 N–H and O–H groups in total. The molecule has 1 aromatic heterocycles. The Hall–Kier alpha value is -1.39. The number of carbonyl (C=O) groups is 1. The van der Waals surface area contributed by atoms with Crippen LogP contribution < -0.4 is 5.32 Å². The second kappa shape index (κ2) is 5.08. The number of rotatable bonds is 2. The summed E-state index contributed by atoms with van der Waals surface area (Å²) in [5, 5.41) is 2.70. The van der Waals surface area contributed by atoms with E-state index in [0.717, 1.165) is 4.88 Å². The number of aryl methyl sites for hydroxylation is 2. The summed E-state index contributed by atoms with van der Waals surface area (Å²) < 4.78 is 13.6. The number of anilines is 1. The maximum Gasteiger partial charge on any atom is 0.258 e. The molecule has 0 aliphatic carbocycles. The Morgan fingerprint density at radius 3 is 2.61 bits per heavy atom. The third-order valence-corrected chi connectivity index (χ3v) is 3.74. The Morgan fingerprint density at radius 2 is 2.06 bits per heavy atom. The molecule has 2 nitrogen and oxygen atoms in total. The molecule has 1 amide bonds. The molecule has 0 spiro atoms. The first-order valence-electron chi connectivity index (χ1n) is 5.31. The van der Waals surface area contributed by atoms with Crippen LogP contribution in [0.15, 0.2) is 24.3 Å². The SMILES string of the molecule is Cc1cc(C(=O)Nc2ccc(F)c(C)c2)c(Cl)s1. The molecule has 0 atom stereocenters. The van der Waals surface area contributed by atoms with Gasteiger partial charge in [-0.15, -0.1) is 11.3 Å². The molecule has 94 valence electrons. The van der Waals surface area contributed by atoms with Crippen molar-refractivity contribution in [1.82, 2.24) is 0 Å². The van der Waals surface area contributed by atoms with Crippen LogP contribution in [0.1, 0.15) is 20.8 Å². The van der Waals surface area contributed by atoms with E-state index < -0.39 is 0 Å². The van der Waals surface area contributed by atoms with Gasteiger partial charge in [0.25, 0.3) is 5.91 Å². The fourth-order valence-electron chi connectivity index (χ4n) is 1.56. The van der Waals surface area contributed by atoms with E-state index in [-0.39, 0.29) is 11.7 Å². The van der Waals surface area contributed by atoms with Gasteiger partial charge in [0.05, 0.1) is 5.56 Å². The molecule has 0 fully saturated rings. The molecule has 0 saturated heterocycles. The van der Waals surface area contributed by atoms with E-state index in [1.54, 1.807) is 19.1 Å². The number of thiophene rings is 1. The Kier molecular flexibility index (Phi) is 3.68. The van der Waals surface area contributed by atoms with Crippen molar-refractivity contribution in [2.75, 3.05) is 5.32 Å². The predicted molar refractivity (Wildman–Crippen MR) is 73.2 cm³/mol. The minimum absolute atomic E-state index is 0.282. The van der Waals surface area contributed by atoms with E-state index in [0.29, 0.717) is 21.2 Å². The van der Waals surface area contributed by atoms with Gasteiger partial charge in [-0.25, -0.2) is 4.39 Å². The van der Waals surface area contributed by atoms with Gasteiger partial charge in [-0.3, -0.25) is 4.79 Å². The number of carbonyl (C=O) groups excluding carboxylic acids is 1. The molecule has 0 radical (unpaired) electrons. The third-order valence-electron chi connectivity index (χ3n) is 2.47. The molecule has 0 bridgehead atoms. The first-order chi connectivity index (χ1) is 8.47. The van der Waals surface area contributed by atoms with Crippen molar-refractivity contribution >= 4 is 34.5 Å². The van der Waals surface area contributed by atoms with Gasteiger partial charge in [0.1, 0.15) is 10.2 Å². The third kappa shape index (κ3) is 2.71. The minimum atomic E-state index is -0.294. The summed E-state index contributed by atoms with van der Waals surface area (Å²) in [5.74, 6) is -0.576. The lowest BCUT2D eigenvalue weighted by atomic mass is 10.2. The molecule has 2 aromatic rings. The highest BCUT2D eigenvalue weighted by Crippen LogP contribution is 2.27. The van der Waals surface area contributed by atoms with Crippen LogP contribution in [-0.4, -0.2) is 5.91 Å². The van der Waals surface area contributed by atoms with Crippen LogP contribution in [0, 0.1) is 19.7 Å². The van der Waals surface area contributed by atoms with Gasteiger partial charge in [-0.1, -0.05) is 11.6 Å². The van der Waals surface area contributed by atoms with E-state index in [1.165, 1.54) is 23.5 Å². The summed E-state index contributed by atoms with van der Waals surface area (Å²) in [7, 11) is 0. The molecule has 18 heavy (non-hydrogen) atoms. The first kappa shape index (κ1) is 13.1. The average molecular weight is 284 g/mol. The summed E-state index contributed by atoms with van der Waals surface area (Å²) in [6, 6.07) is 6.16. The standard InChI is InChI=1S/C13H11ClFNOS/c1-7-5-9(3-4-11(7)15)16-13(17)10-6-8(2)18-12(10)14/h3-6H,1-2H3,(H,16,17). The monoisotopic (exact) mass is 283 g/mol. The summed E-state index contributed by atoms with van der Waals surface area (Å²) >= 11 is 7.32. The maximum absolute atomic E-state index is 13.1. The van der Waals surface area contributed by atoms with Crippen molar-refractivity contribution in [3.05, 3.63) is 50.4 Å². The fraction of sp³-hybridized carbons (Fsp3) is 0.154. The van der Waals surface area contributed by atoms with E-state index in [4.69, 9.17) is 11.6 Å². The van der Waals surface area contributed by atoms with Crippen molar-refractivity contribution in [3.63, 3.8) is 0 Å². The summed E-state index contributed by atoms with van der Waals surface area (Å²) in [5.41, 5.74) is 1.49. The molecule has 5 heteroatoms. The molecule has 0 aliphatic heterocycles. The highest BCUT2D eigenvalue weighted by atomic mass is 35.5. The Balaban J connectivity index is 2.21. The zero-order valence-corrected chi connectivity index (χ0v) is 11.5. The topological polar surface area (TPSA) is 29.1 Å². The van der Waals surface area contributed by atoms with Gasteiger partial charge in [-0.2, -0.15) is 0 Å². The zero-order chi connectivity index (χ0) is 13.3. The smallest absolute Gasteiger partial charge is 0.258 e. The summed E-state index contributed by atoms with van der Waals surface area (Å²) in [6.07, 6.45) is 0. The van der Waals surface area contributed by atoms with Crippen molar-refractivity contribution in [3.8, 4) is 0 Å². The maximum atomic E-state index is 13.1. The van der Waals surface area contributed by atoms with Crippen LogP contribution in [0.5, 0.6) is 0 Å². The van der Waals surface area contributed by atoms with Crippen molar-refractivity contribution in [2.24, 2.45) is 0 Å². The normalized spacial score (nSPS) is 10.4. The molecule has 0 saturated carbocycles. The minimum Gasteiger partial charge on any atom is -0.322 e. The van der Waals surface area contributed by atoms with E-state index in [9.17, 15) is 9.18 Å². The van der Waals surface area contributed by atoms with Crippen LogP contribution in [-0.2, 0) is 0 Å². The number of amides is 1. The van der Waals surface area contributed by atoms with Crippen molar-refractivity contribution < 1.29 is 9.18 Å². The highest BCUT2D eigenvalue weighted by molar-refractivity contribution is 7.16. The van der Waals surface area contributed by atoms with Crippen LogP contribution in [0.4, 0.5) is 10.1 Å². The molecule has 1 aromatic carbocycles. The van der Waals surface area contributed by atoms with Crippen molar-refractivity contribution in [1.29, 1.82) is 0 Å². The van der Waals surface area contributed by atoms with Crippen LogP contribution in [0.25, 0.3) is 0 Å². The van der Waals surface area contributed by atoms with Gasteiger partial charge in [0, 0.05) is 10.6 Å². The van der Waals surface area contributed by atoms with E-state index >= 15 is 0 Å². The Morgan fingerprint density at radius 1 is 1.33 bits per heavy atom. The van der Waals surface area contributed by atoms with Gasteiger partial charge >= 0.3 is 0 Å². The molecular weight excluding hydrogens is 273 g/mol. The van der Waals surface area contributed by atoms with Gasteiger partial charge in [-0.05, 0) is 43.7 Å². The highest BCUT2D eigenvalue weighted by Gasteiger charge is 2.13. The van der Waals surface area contributed by atoms with E-state index in [1.807, 2.05) is 6.92 Å². The van der Waals surface area contributed by atoms with Gasteiger partial charge in [0.15, 0.2) is 0 Å². The predicted octanol–water partition coefficient (Wildman–Crippen LogP) is 4.41. The second-order valence-electron chi connectivity index (χ2n) is 3.96. The Bertz CT molecular complexity index is 609. The van der Waals surface area contributed by atoms with Crippen LogP contribution in [0.3, 0.4) is 0 Å². The van der Waals surface area contributed by atoms with Gasteiger partial charge in [0.2, 0.25) is 0 Å². The average Bonchev–Trinajstić information content (AvgIpc) is 2.63. The molecule has 0 unspecified atom stereocenters. The van der Waals surface area contributed by atoms with Crippen LogP contribution in [0.2, 0.25) is 4.34 Å². The summed E-state index contributed by atoms with van der Waals surface area (Å²) in [6.45, 7) is 3.53. The quantitative estimate of drug-likeness (QED) is 0.869. The van der Waals surface area contributed by atoms with Crippen molar-refractivity contribution in [2.45, 2.75) is 13.8 Å². The number of benzene rings is 1. The largest absolute Gasteiger partial charge is 0.322 e. The lowest BCUT2D eigenvalue weighted by molar-refractivity contribution is 0.102. The summed E-state index contributed by atoms with van der Waals surface area (Å²) in [4.78, 5) is 12.9. The number of hydrogen-bond donors (Lipinski definition) is 1. The zero-order valence-electron chi connectivity index (χ0n) is 9.88.